The molecule has 0 unspecified atom stereocenters. The second kappa shape index (κ2) is 6.86. The molecule has 0 radical (unpaired) electrons. The summed E-state index contributed by atoms with van der Waals surface area (Å²) < 4.78 is 2.13. The van der Waals surface area contributed by atoms with Crippen LogP contribution in [0.1, 0.15) is 45.4 Å². The summed E-state index contributed by atoms with van der Waals surface area (Å²) in [5.41, 5.74) is 0.368. The van der Waals surface area contributed by atoms with E-state index in [0.717, 1.165) is 25.4 Å². The van der Waals surface area contributed by atoms with Gasteiger partial charge in [0.15, 0.2) is 5.17 Å². The molecule has 2 heterocycles. The molecule has 4 nitrogen and oxygen atoms in total. The maximum atomic E-state index is 4.75. The Morgan fingerprint density at radius 3 is 3.05 bits per heavy atom. The van der Waals surface area contributed by atoms with Gasteiger partial charge in [0.05, 0.1) is 6.33 Å². The van der Waals surface area contributed by atoms with Gasteiger partial charge in [-0.1, -0.05) is 18.7 Å². The molecule has 3 rings (SSSR count). The van der Waals surface area contributed by atoms with Gasteiger partial charge >= 0.3 is 0 Å². The third kappa shape index (κ3) is 4.02. The Balaban J connectivity index is 1.37. The van der Waals surface area contributed by atoms with Crippen molar-refractivity contribution in [1.82, 2.24) is 14.9 Å². The van der Waals surface area contributed by atoms with Crippen LogP contribution in [0, 0.1) is 5.92 Å². The Morgan fingerprint density at radius 1 is 1.43 bits per heavy atom. The number of nitrogens with zero attached hydrogens (tertiary/aromatic N) is 3. The summed E-state index contributed by atoms with van der Waals surface area (Å²) >= 11 is 1.93. The van der Waals surface area contributed by atoms with E-state index in [4.69, 9.17) is 4.99 Å². The second-order valence-corrected chi connectivity index (χ2v) is 7.54. The maximum Gasteiger partial charge on any atom is 0.157 e. The lowest BCUT2D eigenvalue weighted by atomic mass is 9.78. The van der Waals surface area contributed by atoms with E-state index in [0.29, 0.717) is 5.54 Å². The number of aryl methyl sites for hydroxylation is 1. The number of hydrogen-bond donors (Lipinski definition) is 1. The molecule has 1 saturated carbocycles. The molecule has 1 aliphatic carbocycles. The van der Waals surface area contributed by atoms with Crippen molar-refractivity contribution in [2.45, 2.75) is 57.5 Å². The number of nitrogens with one attached hydrogen (secondary N) is 1. The van der Waals surface area contributed by atoms with Crippen LogP contribution in [0.25, 0.3) is 0 Å². The molecule has 5 heteroatoms. The third-order valence-electron chi connectivity index (χ3n) is 4.73. The molecule has 0 aromatic carbocycles. The van der Waals surface area contributed by atoms with Crippen molar-refractivity contribution in [3.8, 4) is 0 Å². The lowest BCUT2D eigenvalue weighted by Gasteiger charge is -2.35. The normalized spacial score (nSPS) is 30.9. The molecule has 0 bridgehead atoms. The minimum Gasteiger partial charge on any atom is -0.359 e. The van der Waals surface area contributed by atoms with Crippen LogP contribution in [0.15, 0.2) is 23.7 Å². The first-order valence-electron chi connectivity index (χ1n) is 8.17. The Labute approximate surface area is 131 Å². The van der Waals surface area contributed by atoms with Gasteiger partial charge in [0, 0.05) is 36.8 Å². The third-order valence-corrected chi connectivity index (χ3v) is 5.93. The molecule has 0 atom stereocenters. The molecule has 0 amide bonds. The van der Waals surface area contributed by atoms with Crippen LogP contribution in [0.3, 0.4) is 0 Å². The fourth-order valence-corrected chi connectivity index (χ4v) is 4.43. The SMILES string of the molecule is CC1CCC2(CC1)CSC(=NCCCCn1ccnc1)N2. The summed E-state index contributed by atoms with van der Waals surface area (Å²) in [6, 6.07) is 0. The van der Waals surface area contributed by atoms with Crippen molar-refractivity contribution in [2.75, 3.05) is 12.3 Å². The Morgan fingerprint density at radius 2 is 2.29 bits per heavy atom. The number of imidazole rings is 1. The summed E-state index contributed by atoms with van der Waals surface area (Å²) in [6.45, 7) is 4.37. The maximum absolute atomic E-state index is 4.75. The lowest BCUT2D eigenvalue weighted by molar-refractivity contribution is 0.251. The smallest absolute Gasteiger partial charge is 0.157 e. The lowest BCUT2D eigenvalue weighted by Crippen LogP contribution is -2.46. The van der Waals surface area contributed by atoms with E-state index < -0.39 is 0 Å². The monoisotopic (exact) mass is 306 g/mol. The van der Waals surface area contributed by atoms with E-state index in [9.17, 15) is 0 Å². The van der Waals surface area contributed by atoms with Crippen LogP contribution in [0.5, 0.6) is 0 Å². The molecule has 1 aromatic rings. The molecule has 116 valence electrons. The van der Waals surface area contributed by atoms with Crippen molar-refractivity contribution in [1.29, 1.82) is 0 Å². The van der Waals surface area contributed by atoms with Gasteiger partial charge in [-0.2, -0.15) is 0 Å². The summed E-state index contributed by atoms with van der Waals surface area (Å²) in [4.78, 5) is 8.81. The van der Waals surface area contributed by atoms with Gasteiger partial charge in [0.2, 0.25) is 0 Å². The number of thioether (sulfide) groups is 1. The topological polar surface area (TPSA) is 42.2 Å². The highest BCUT2D eigenvalue weighted by molar-refractivity contribution is 8.14. The van der Waals surface area contributed by atoms with Crippen LogP contribution in [-0.2, 0) is 6.54 Å². The van der Waals surface area contributed by atoms with E-state index in [2.05, 4.69) is 21.8 Å². The molecule has 1 saturated heterocycles. The minimum atomic E-state index is 0.368. The Kier molecular flexibility index (Phi) is 4.88. The number of unbranched alkanes of at least 4 members (excludes halogenated alkanes) is 1. The Hall–Kier alpha value is -0.970. The zero-order valence-corrected chi connectivity index (χ0v) is 13.7. The van der Waals surface area contributed by atoms with Gasteiger partial charge < -0.3 is 9.88 Å². The Bertz CT molecular complexity index is 461. The first-order valence-corrected chi connectivity index (χ1v) is 9.16. The molecule has 1 aromatic heterocycles. The minimum absolute atomic E-state index is 0.368. The first kappa shape index (κ1) is 14.9. The van der Waals surface area contributed by atoms with E-state index >= 15 is 0 Å². The zero-order chi connectivity index (χ0) is 14.5. The van der Waals surface area contributed by atoms with Gasteiger partial charge in [-0.15, -0.1) is 0 Å². The van der Waals surface area contributed by atoms with Crippen molar-refractivity contribution >= 4 is 16.9 Å². The molecule has 1 N–H and O–H groups in total. The van der Waals surface area contributed by atoms with Crippen LogP contribution in [0.2, 0.25) is 0 Å². The van der Waals surface area contributed by atoms with Gasteiger partial charge in [-0.3, -0.25) is 4.99 Å². The van der Waals surface area contributed by atoms with Gasteiger partial charge in [-0.25, -0.2) is 4.98 Å². The van der Waals surface area contributed by atoms with Gasteiger partial charge in [0.25, 0.3) is 0 Å². The van der Waals surface area contributed by atoms with Gasteiger partial charge in [0.1, 0.15) is 0 Å². The van der Waals surface area contributed by atoms with Crippen molar-refractivity contribution in [2.24, 2.45) is 10.9 Å². The zero-order valence-electron chi connectivity index (χ0n) is 12.9. The van der Waals surface area contributed by atoms with Crippen molar-refractivity contribution in [3.63, 3.8) is 0 Å². The largest absolute Gasteiger partial charge is 0.359 e. The average Bonchev–Trinajstić information content (AvgIpc) is 3.13. The van der Waals surface area contributed by atoms with E-state index in [1.54, 1.807) is 0 Å². The van der Waals surface area contributed by atoms with E-state index in [1.165, 1.54) is 43.0 Å². The summed E-state index contributed by atoms with van der Waals surface area (Å²) in [5.74, 6) is 2.12. The highest BCUT2D eigenvalue weighted by Crippen LogP contribution is 2.38. The van der Waals surface area contributed by atoms with Crippen molar-refractivity contribution < 1.29 is 0 Å². The number of aromatic nitrogens is 2. The van der Waals surface area contributed by atoms with Gasteiger partial charge in [-0.05, 0) is 44.4 Å². The summed E-state index contributed by atoms with van der Waals surface area (Å²) in [5, 5.41) is 4.92. The fraction of sp³-hybridized carbons (Fsp3) is 0.750. The van der Waals surface area contributed by atoms with E-state index in [1.807, 2.05) is 30.5 Å². The molecule has 2 aliphatic rings. The number of hydrogen-bond acceptors (Lipinski definition) is 3. The van der Waals surface area contributed by atoms with Crippen molar-refractivity contribution in [3.05, 3.63) is 18.7 Å². The molecular formula is C16H26N4S. The first-order chi connectivity index (χ1) is 10.3. The molecule has 1 spiro atoms. The highest BCUT2D eigenvalue weighted by Gasteiger charge is 2.39. The quantitative estimate of drug-likeness (QED) is 0.849. The van der Waals surface area contributed by atoms with E-state index in [-0.39, 0.29) is 0 Å². The highest BCUT2D eigenvalue weighted by atomic mass is 32.2. The average molecular weight is 306 g/mol. The predicted octanol–water partition coefficient (Wildman–Crippen LogP) is 3.30. The van der Waals surface area contributed by atoms with Crippen LogP contribution >= 0.6 is 11.8 Å². The molecule has 21 heavy (non-hydrogen) atoms. The predicted molar refractivity (Wildman–Crippen MR) is 89.7 cm³/mol. The standard InChI is InChI=1S/C16H26N4S/c1-14-4-6-16(7-5-14)12-21-15(19-16)18-8-2-3-10-20-11-9-17-13-20/h9,11,13-14H,2-8,10,12H2,1H3,(H,18,19). The second-order valence-electron chi connectivity index (χ2n) is 6.57. The fourth-order valence-electron chi connectivity index (χ4n) is 3.18. The van der Waals surface area contributed by atoms with Crippen LogP contribution in [0.4, 0.5) is 0 Å². The van der Waals surface area contributed by atoms with Crippen LogP contribution < -0.4 is 5.32 Å². The number of amidine groups is 1. The number of aliphatic imine (C=N–C) groups is 1. The number of rotatable bonds is 5. The summed E-state index contributed by atoms with van der Waals surface area (Å²) in [6.07, 6.45) is 13.4. The molecule has 1 aliphatic heterocycles. The molecular weight excluding hydrogens is 280 g/mol. The van der Waals surface area contributed by atoms with Crippen LogP contribution in [-0.4, -0.2) is 32.6 Å². The summed E-state index contributed by atoms with van der Waals surface area (Å²) in [7, 11) is 0. The molecule has 2 fully saturated rings.